The lowest BCUT2D eigenvalue weighted by Crippen LogP contribution is -2.04. The average molecular weight is 214 g/mol. The van der Waals surface area contributed by atoms with Crippen LogP contribution in [0.3, 0.4) is 0 Å². The lowest BCUT2D eigenvalue weighted by atomic mass is 10.3. The summed E-state index contributed by atoms with van der Waals surface area (Å²) in [6.07, 6.45) is 0. The zero-order valence-electron chi connectivity index (χ0n) is 7.88. The molecule has 7 heteroatoms. The van der Waals surface area contributed by atoms with Crippen LogP contribution in [-0.2, 0) is 4.79 Å². The van der Waals surface area contributed by atoms with Gasteiger partial charge in [-0.15, -0.1) is 10.1 Å². The Hall–Kier alpha value is -2.31. The third-order valence-corrected chi connectivity index (χ3v) is 1.17. The number of anilines is 1. The number of rotatable bonds is 1. The van der Waals surface area contributed by atoms with E-state index in [-0.39, 0.29) is 11.7 Å². The lowest BCUT2D eigenvalue weighted by molar-refractivity contribution is -0.742. The molecule has 15 heavy (non-hydrogen) atoms. The van der Waals surface area contributed by atoms with Crippen molar-refractivity contribution in [3.05, 3.63) is 34.4 Å². The van der Waals surface area contributed by atoms with Crippen LogP contribution in [0.15, 0.2) is 24.3 Å². The van der Waals surface area contributed by atoms with E-state index in [1.165, 1.54) is 13.0 Å². The van der Waals surface area contributed by atoms with Gasteiger partial charge < -0.3 is 15.6 Å². The van der Waals surface area contributed by atoms with Crippen molar-refractivity contribution in [2.75, 3.05) is 5.32 Å². The summed E-state index contributed by atoms with van der Waals surface area (Å²) in [5, 5.41) is 25.2. The van der Waals surface area contributed by atoms with Gasteiger partial charge in [-0.05, 0) is 12.1 Å². The van der Waals surface area contributed by atoms with Crippen molar-refractivity contribution in [2.45, 2.75) is 6.92 Å². The minimum atomic E-state index is -1.50. The maximum absolute atomic E-state index is 10.5. The molecule has 0 atom stereocenters. The van der Waals surface area contributed by atoms with Crippen LogP contribution in [0.1, 0.15) is 6.92 Å². The molecule has 0 aliphatic carbocycles. The van der Waals surface area contributed by atoms with Crippen LogP contribution in [0.4, 0.5) is 5.69 Å². The van der Waals surface area contributed by atoms with Crippen LogP contribution in [0, 0.1) is 10.1 Å². The van der Waals surface area contributed by atoms with Gasteiger partial charge in [-0.1, -0.05) is 6.07 Å². The molecule has 1 amide bonds. The second-order valence-electron chi connectivity index (χ2n) is 2.47. The molecule has 7 nitrogen and oxygen atoms in total. The van der Waals surface area contributed by atoms with E-state index in [9.17, 15) is 4.79 Å². The Morgan fingerprint density at radius 2 is 2.07 bits per heavy atom. The van der Waals surface area contributed by atoms with E-state index in [0.717, 1.165) is 0 Å². The second-order valence-corrected chi connectivity index (χ2v) is 2.47. The van der Waals surface area contributed by atoms with Crippen LogP contribution in [0.25, 0.3) is 0 Å². The summed E-state index contributed by atoms with van der Waals surface area (Å²) in [5.74, 6) is 0.00634. The second kappa shape index (κ2) is 6.19. The smallest absolute Gasteiger partial charge is 0.291 e. The number of amides is 1. The Bertz CT molecular complexity index is 349. The van der Waals surface area contributed by atoms with Crippen molar-refractivity contribution in [1.82, 2.24) is 0 Å². The first-order valence-electron chi connectivity index (χ1n) is 3.81. The van der Waals surface area contributed by atoms with Crippen LogP contribution < -0.4 is 5.32 Å². The molecule has 82 valence electrons. The molecular weight excluding hydrogens is 204 g/mol. The Morgan fingerprint density at radius 3 is 2.47 bits per heavy atom. The first-order valence-corrected chi connectivity index (χ1v) is 3.81. The van der Waals surface area contributed by atoms with E-state index in [4.69, 9.17) is 20.4 Å². The highest BCUT2D eigenvalue weighted by Crippen LogP contribution is 2.14. The summed E-state index contributed by atoms with van der Waals surface area (Å²) in [5.41, 5.74) is 0.609. The van der Waals surface area contributed by atoms with Gasteiger partial charge in [0.2, 0.25) is 5.91 Å². The fourth-order valence-corrected chi connectivity index (χ4v) is 0.787. The number of phenols is 1. The summed E-state index contributed by atoms with van der Waals surface area (Å²) in [7, 11) is 0. The van der Waals surface area contributed by atoms with Crippen LogP contribution in [0.2, 0.25) is 0 Å². The zero-order valence-corrected chi connectivity index (χ0v) is 7.88. The van der Waals surface area contributed by atoms with Crippen molar-refractivity contribution in [3.8, 4) is 5.75 Å². The SMILES string of the molecule is CC(=O)Nc1cccc(O)c1.O=[N+]([O-])O. The normalized spacial score (nSPS) is 8.33. The Balaban J connectivity index is 0.000000423. The molecule has 0 aromatic heterocycles. The van der Waals surface area contributed by atoms with Crippen molar-refractivity contribution >= 4 is 11.6 Å². The van der Waals surface area contributed by atoms with Crippen LogP contribution in [0.5, 0.6) is 5.75 Å². The summed E-state index contributed by atoms with van der Waals surface area (Å²) in [4.78, 5) is 18.9. The molecule has 0 unspecified atom stereocenters. The molecule has 0 radical (unpaired) electrons. The number of hydrogen-bond acceptors (Lipinski definition) is 4. The van der Waals surface area contributed by atoms with Gasteiger partial charge in [0.05, 0.1) is 0 Å². The fourth-order valence-electron chi connectivity index (χ4n) is 0.787. The highest BCUT2D eigenvalue weighted by molar-refractivity contribution is 5.88. The number of carbonyl (C=O) groups excluding carboxylic acids is 1. The van der Waals surface area contributed by atoms with Crippen molar-refractivity contribution in [3.63, 3.8) is 0 Å². The van der Waals surface area contributed by atoms with Gasteiger partial charge in [-0.25, -0.2) is 0 Å². The zero-order chi connectivity index (χ0) is 11.8. The summed E-state index contributed by atoms with van der Waals surface area (Å²) < 4.78 is 0. The number of nitrogens with zero attached hydrogens (tertiary/aromatic N) is 1. The van der Waals surface area contributed by atoms with E-state index in [1.807, 2.05) is 0 Å². The molecule has 0 fully saturated rings. The van der Waals surface area contributed by atoms with Gasteiger partial charge in [0, 0.05) is 18.7 Å². The minimum Gasteiger partial charge on any atom is -0.508 e. The molecule has 0 spiro atoms. The molecular formula is C8H10N2O5. The third-order valence-electron chi connectivity index (χ3n) is 1.17. The highest BCUT2D eigenvalue weighted by atomic mass is 16.9. The van der Waals surface area contributed by atoms with Gasteiger partial charge in [0.1, 0.15) is 5.75 Å². The molecule has 0 aliphatic heterocycles. The summed E-state index contributed by atoms with van der Waals surface area (Å²) in [6, 6.07) is 6.41. The fraction of sp³-hybridized carbons (Fsp3) is 0.125. The first kappa shape index (κ1) is 12.7. The number of benzene rings is 1. The van der Waals surface area contributed by atoms with Crippen molar-refractivity contribution in [2.24, 2.45) is 0 Å². The average Bonchev–Trinajstić information content (AvgIpc) is 2.00. The minimum absolute atomic E-state index is 0.143. The summed E-state index contributed by atoms with van der Waals surface area (Å²) in [6.45, 7) is 1.42. The molecule has 0 saturated carbocycles. The Morgan fingerprint density at radius 1 is 1.53 bits per heavy atom. The molecule has 3 N–H and O–H groups in total. The topological polar surface area (TPSA) is 113 Å². The number of aromatic hydroxyl groups is 1. The highest BCUT2D eigenvalue weighted by Gasteiger charge is 1.94. The first-order chi connectivity index (χ1) is 6.91. The van der Waals surface area contributed by atoms with Gasteiger partial charge in [-0.3, -0.25) is 4.79 Å². The van der Waals surface area contributed by atoms with E-state index < -0.39 is 5.09 Å². The third kappa shape index (κ3) is 8.03. The maximum atomic E-state index is 10.5. The van der Waals surface area contributed by atoms with Crippen molar-refractivity contribution in [1.29, 1.82) is 0 Å². The Kier molecular flexibility index (Phi) is 5.24. The van der Waals surface area contributed by atoms with E-state index in [0.29, 0.717) is 5.69 Å². The largest absolute Gasteiger partial charge is 0.508 e. The van der Waals surface area contributed by atoms with Gasteiger partial charge in [0.15, 0.2) is 0 Å². The molecule has 1 aromatic carbocycles. The van der Waals surface area contributed by atoms with Crippen LogP contribution >= 0.6 is 0 Å². The molecule has 0 saturated heterocycles. The predicted octanol–water partition coefficient (Wildman–Crippen LogP) is 1.00. The molecule has 1 rings (SSSR count). The van der Waals surface area contributed by atoms with Crippen LogP contribution in [-0.4, -0.2) is 21.3 Å². The quantitative estimate of drug-likeness (QED) is 0.476. The lowest BCUT2D eigenvalue weighted by Gasteiger charge is -2.00. The standard InChI is InChI=1S/C8H9NO2.HNO3/c1-6(10)9-7-3-2-4-8(11)5-7;2-1(3)4/h2-5,11H,1H3,(H,9,10);(H,2,3,4). The summed E-state index contributed by atoms with van der Waals surface area (Å²) >= 11 is 0. The number of phenolic OH excluding ortho intramolecular Hbond substituents is 1. The van der Waals surface area contributed by atoms with Gasteiger partial charge in [-0.2, -0.15) is 0 Å². The van der Waals surface area contributed by atoms with E-state index in [1.54, 1.807) is 18.2 Å². The van der Waals surface area contributed by atoms with E-state index in [2.05, 4.69) is 5.32 Å². The predicted molar refractivity (Wildman–Crippen MR) is 51.2 cm³/mol. The molecule has 0 aliphatic rings. The molecule has 0 heterocycles. The number of hydrogen-bond donors (Lipinski definition) is 3. The van der Waals surface area contributed by atoms with Gasteiger partial charge in [0.25, 0.3) is 5.09 Å². The molecule has 1 aromatic rings. The Labute approximate surface area is 85.1 Å². The monoisotopic (exact) mass is 214 g/mol. The number of nitrogens with one attached hydrogen (secondary N) is 1. The van der Waals surface area contributed by atoms with Gasteiger partial charge >= 0.3 is 0 Å². The van der Waals surface area contributed by atoms with E-state index >= 15 is 0 Å². The van der Waals surface area contributed by atoms with Crippen molar-refractivity contribution < 1.29 is 20.2 Å². The number of carbonyl (C=O) groups is 1. The maximum Gasteiger partial charge on any atom is 0.291 e. The molecule has 0 bridgehead atoms.